The van der Waals surface area contributed by atoms with E-state index in [0.29, 0.717) is 12.1 Å². The number of anilines is 1. The van der Waals surface area contributed by atoms with Crippen LogP contribution in [0.25, 0.3) is 22.2 Å². The fourth-order valence-corrected chi connectivity index (χ4v) is 5.54. The molecular formula is C27H32N2. The first-order valence-corrected chi connectivity index (χ1v) is 11.6. The van der Waals surface area contributed by atoms with Crippen LogP contribution in [-0.2, 0) is 0 Å². The van der Waals surface area contributed by atoms with E-state index in [0.717, 1.165) is 11.2 Å². The third-order valence-corrected chi connectivity index (χ3v) is 6.98. The highest BCUT2D eigenvalue weighted by Crippen LogP contribution is 2.39. The lowest BCUT2D eigenvalue weighted by molar-refractivity contribution is 0.340. The van der Waals surface area contributed by atoms with Gasteiger partial charge in [0.05, 0.1) is 11.2 Å². The Hall–Kier alpha value is -2.35. The van der Waals surface area contributed by atoms with Crippen LogP contribution in [-0.4, -0.2) is 17.1 Å². The van der Waals surface area contributed by atoms with Gasteiger partial charge in [0.15, 0.2) is 0 Å². The van der Waals surface area contributed by atoms with Crippen molar-refractivity contribution in [3.63, 3.8) is 0 Å². The summed E-state index contributed by atoms with van der Waals surface area (Å²) in [5.41, 5.74) is 4.87. The molecule has 0 unspecified atom stereocenters. The Labute approximate surface area is 175 Å². The summed E-state index contributed by atoms with van der Waals surface area (Å²) in [5, 5.41) is 1.32. The largest absolute Gasteiger partial charge is 0.365 e. The molecule has 2 aliphatic rings. The number of aromatic nitrogens is 1. The van der Waals surface area contributed by atoms with Gasteiger partial charge in [0, 0.05) is 28.7 Å². The molecule has 3 aromatic rings. The molecule has 0 atom stereocenters. The molecule has 1 aromatic heterocycles. The second-order valence-corrected chi connectivity index (χ2v) is 8.90. The molecule has 0 radical (unpaired) electrons. The molecule has 0 bridgehead atoms. The molecule has 29 heavy (non-hydrogen) atoms. The van der Waals surface area contributed by atoms with Crippen molar-refractivity contribution in [2.45, 2.75) is 76.3 Å². The highest BCUT2D eigenvalue weighted by atomic mass is 15.2. The van der Waals surface area contributed by atoms with Crippen LogP contribution < -0.4 is 4.90 Å². The zero-order chi connectivity index (χ0) is 19.5. The number of para-hydroxylation sites is 1. The first-order chi connectivity index (χ1) is 14.4. The highest BCUT2D eigenvalue weighted by Gasteiger charge is 2.30. The van der Waals surface area contributed by atoms with Crippen LogP contribution in [0.15, 0.2) is 60.7 Å². The number of hydrogen-bond acceptors (Lipinski definition) is 2. The summed E-state index contributed by atoms with van der Waals surface area (Å²) < 4.78 is 0. The van der Waals surface area contributed by atoms with E-state index in [2.05, 4.69) is 65.6 Å². The minimum atomic E-state index is 0.682. The van der Waals surface area contributed by atoms with Gasteiger partial charge in [0.2, 0.25) is 0 Å². The number of rotatable bonds is 4. The zero-order valence-electron chi connectivity index (χ0n) is 17.4. The maximum atomic E-state index is 5.05. The predicted molar refractivity (Wildman–Crippen MR) is 123 cm³/mol. The van der Waals surface area contributed by atoms with E-state index in [1.165, 1.54) is 80.8 Å². The summed E-state index contributed by atoms with van der Waals surface area (Å²) in [4.78, 5) is 7.91. The molecule has 0 N–H and O–H groups in total. The molecule has 0 spiro atoms. The lowest BCUT2D eigenvalue weighted by Crippen LogP contribution is -2.45. The van der Waals surface area contributed by atoms with E-state index in [4.69, 9.17) is 4.98 Å². The van der Waals surface area contributed by atoms with E-state index in [-0.39, 0.29) is 0 Å². The van der Waals surface area contributed by atoms with Gasteiger partial charge in [-0.1, -0.05) is 87.1 Å². The van der Waals surface area contributed by atoms with Gasteiger partial charge in [-0.15, -0.1) is 0 Å². The van der Waals surface area contributed by atoms with Crippen LogP contribution in [0.1, 0.15) is 64.2 Å². The fourth-order valence-electron chi connectivity index (χ4n) is 5.54. The minimum Gasteiger partial charge on any atom is -0.365 e. The van der Waals surface area contributed by atoms with Crippen LogP contribution in [0, 0.1) is 0 Å². The Bertz CT molecular complexity index is 919. The summed E-state index contributed by atoms with van der Waals surface area (Å²) in [5.74, 6) is 0. The fraction of sp³-hybridized carbons (Fsp3) is 0.444. The number of nitrogens with zero attached hydrogens (tertiary/aromatic N) is 2. The summed E-state index contributed by atoms with van der Waals surface area (Å²) in [6.45, 7) is 0. The molecule has 0 aliphatic heterocycles. The zero-order valence-corrected chi connectivity index (χ0v) is 17.4. The Morgan fingerprint density at radius 1 is 0.655 bits per heavy atom. The number of hydrogen-bond donors (Lipinski definition) is 0. The van der Waals surface area contributed by atoms with Crippen LogP contribution in [0.2, 0.25) is 0 Å². The molecule has 2 nitrogen and oxygen atoms in total. The molecule has 0 saturated heterocycles. The average molecular weight is 385 g/mol. The van der Waals surface area contributed by atoms with E-state index in [1.807, 2.05) is 0 Å². The molecule has 150 valence electrons. The van der Waals surface area contributed by atoms with Gasteiger partial charge in [-0.25, -0.2) is 4.98 Å². The van der Waals surface area contributed by atoms with Crippen LogP contribution in [0.5, 0.6) is 0 Å². The molecular weight excluding hydrogens is 352 g/mol. The van der Waals surface area contributed by atoms with E-state index in [9.17, 15) is 0 Å². The van der Waals surface area contributed by atoms with Gasteiger partial charge in [-0.2, -0.15) is 0 Å². The third kappa shape index (κ3) is 3.90. The Kier molecular flexibility index (Phi) is 5.51. The van der Waals surface area contributed by atoms with Crippen molar-refractivity contribution in [1.82, 2.24) is 4.98 Å². The second-order valence-electron chi connectivity index (χ2n) is 8.90. The Morgan fingerprint density at radius 2 is 1.24 bits per heavy atom. The molecule has 1 heterocycles. The minimum absolute atomic E-state index is 0.682. The van der Waals surface area contributed by atoms with Crippen molar-refractivity contribution in [3.05, 3.63) is 60.7 Å². The van der Waals surface area contributed by atoms with Crippen molar-refractivity contribution in [2.24, 2.45) is 0 Å². The topological polar surface area (TPSA) is 16.1 Å². The number of benzene rings is 2. The van der Waals surface area contributed by atoms with Crippen molar-refractivity contribution in [1.29, 1.82) is 0 Å². The molecule has 2 aromatic carbocycles. The molecule has 2 heteroatoms. The first-order valence-electron chi connectivity index (χ1n) is 11.6. The van der Waals surface area contributed by atoms with E-state index in [1.54, 1.807) is 0 Å². The summed E-state index contributed by atoms with van der Waals surface area (Å²) in [6.07, 6.45) is 13.7. The lowest BCUT2D eigenvalue weighted by atomic mass is 9.87. The quantitative estimate of drug-likeness (QED) is 0.466. The maximum absolute atomic E-state index is 5.05. The first kappa shape index (κ1) is 18.7. The van der Waals surface area contributed by atoms with Gasteiger partial charge >= 0.3 is 0 Å². The maximum Gasteiger partial charge on any atom is 0.0730 e. The van der Waals surface area contributed by atoms with Gasteiger partial charge in [0.25, 0.3) is 0 Å². The monoisotopic (exact) mass is 384 g/mol. The predicted octanol–water partition coefficient (Wildman–Crippen LogP) is 7.37. The van der Waals surface area contributed by atoms with Crippen LogP contribution >= 0.6 is 0 Å². The highest BCUT2D eigenvalue weighted by molar-refractivity contribution is 5.94. The molecule has 5 rings (SSSR count). The Morgan fingerprint density at radius 3 is 1.90 bits per heavy atom. The van der Waals surface area contributed by atoms with E-state index < -0.39 is 0 Å². The van der Waals surface area contributed by atoms with Gasteiger partial charge in [0.1, 0.15) is 0 Å². The third-order valence-electron chi connectivity index (χ3n) is 6.98. The van der Waals surface area contributed by atoms with Crippen molar-refractivity contribution in [3.8, 4) is 11.3 Å². The van der Waals surface area contributed by atoms with Crippen LogP contribution in [0.4, 0.5) is 5.69 Å². The van der Waals surface area contributed by atoms with Gasteiger partial charge < -0.3 is 4.90 Å². The van der Waals surface area contributed by atoms with Crippen molar-refractivity contribution in [2.75, 3.05) is 4.90 Å². The van der Waals surface area contributed by atoms with Crippen molar-refractivity contribution < 1.29 is 0 Å². The van der Waals surface area contributed by atoms with Gasteiger partial charge in [-0.3, -0.25) is 0 Å². The standard InChI is InChI=1S/C27H32N2/c1-4-12-21(13-5-1)26-20-27(24-18-10-11-19-25(24)28-26)29(22-14-6-2-7-15-22)23-16-8-3-9-17-23/h1,4-5,10-13,18-20,22-23H,2-3,6-9,14-17H2. The van der Waals surface area contributed by atoms with E-state index >= 15 is 0 Å². The summed E-state index contributed by atoms with van der Waals surface area (Å²) in [7, 11) is 0. The average Bonchev–Trinajstić information content (AvgIpc) is 2.81. The summed E-state index contributed by atoms with van der Waals surface area (Å²) >= 11 is 0. The smallest absolute Gasteiger partial charge is 0.0730 e. The van der Waals surface area contributed by atoms with Crippen LogP contribution in [0.3, 0.4) is 0 Å². The second kappa shape index (κ2) is 8.57. The number of fused-ring (bicyclic) bond motifs is 1. The summed E-state index contributed by atoms with van der Waals surface area (Å²) in [6, 6.07) is 23.2. The number of pyridine rings is 1. The Balaban J connectivity index is 1.66. The van der Waals surface area contributed by atoms with Gasteiger partial charge in [-0.05, 0) is 37.8 Å². The molecule has 2 saturated carbocycles. The molecule has 0 amide bonds. The molecule has 2 fully saturated rings. The lowest BCUT2D eigenvalue weighted by Gasteiger charge is -2.44. The normalized spacial score (nSPS) is 18.8. The van der Waals surface area contributed by atoms with Crippen molar-refractivity contribution >= 4 is 16.6 Å². The SMILES string of the molecule is c1ccc(-c2cc(N(C3CCCCC3)C3CCCCC3)c3ccccc3n2)cc1. The molecule has 2 aliphatic carbocycles.